The molecule has 0 aliphatic carbocycles. The monoisotopic (exact) mass is 533 g/mol. The molecule has 1 heterocycles. The number of benzene rings is 2. The number of amides is 2. The van der Waals surface area contributed by atoms with Crippen LogP contribution >= 0.6 is 0 Å². The van der Waals surface area contributed by atoms with E-state index in [1.54, 1.807) is 4.90 Å². The summed E-state index contributed by atoms with van der Waals surface area (Å²) in [6.07, 6.45) is -3.74. The maximum absolute atomic E-state index is 12.8. The van der Waals surface area contributed by atoms with E-state index in [9.17, 15) is 22.8 Å². The molecule has 0 aromatic heterocycles. The van der Waals surface area contributed by atoms with Crippen molar-refractivity contribution in [3.05, 3.63) is 64.2 Å². The molecule has 1 aliphatic heterocycles. The van der Waals surface area contributed by atoms with Crippen LogP contribution in [0.5, 0.6) is 5.75 Å². The molecule has 9 heteroatoms. The van der Waals surface area contributed by atoms with E-state index in [1.165, 1.54) is 24.6 Å². The summed E-state index contributed by atoms with van der Waals surface area (Å²) in [5.74, 6) is 0.510. The summed E-state index contributed by atoms with van der Waals surface area (Å²) in [6, 6.07) is 8.60. The topological polar surface area (TPSA) is 61.9 Å². The first-order valence-electron chi connectivity index (χ1n) is 12.9. The molecule has 6 nitrogen and oxygen atoms in total. The molecular formula is C29H38F3N3O3. The van der Waals surface area contributed by atoms with Gasteiger partial charge in [0.25, 0.3) is 5.91 Å². The highest BCUT2D eigenvalue weighted by molar-refractivity contribution is 5.94. The van der Waals surface area contributed by atoms with Gasteiger partial charge in [0.1, 0.15) is 5.75 Å². The number of ether oxygens (including phenoxy) is 1. The van der Waals surface area contributed by atoms with Gasteiger partial charge < -0.3 is 15.0 Å². The molecule has 0 radical (unpaired) electrons. The molecule has 2 aromatic carbocycles. The predicted octanol–water partition coefficient (Wildman–Crippen LogP) is 5.52. The second kappa shape index (κ2) is 11.8. The molecule has 0 saturated carbocycles. The van der Waals surface area contributed by atoms with E-state index in [0.29, 0.717) is 39.2 Å². The Bertz CT molecular complexity index is 1140. The second-order valence-corrected chi connectivity index (χ2v) is 10.6. The smallest absolute Gasteiger partial charge is 0.416 e. The number of rotatable bonds is 8. The Kier molecular flexibility index (Phi) is 9.13. The van der Waals surface area contributed by atoms with Gasteiger partial charge in [-0.05, 0) is 81.6 Å². The molecule has 0 spiro atoms. The Morgan fingerprint density at radius 2 is 1.58 bits per heavy atom. The number of nitrogens with one attached hydrogen (secondary N) is 1. The SMILES string of the molecule is CC(=O)NC(C)(C)CCOc1ccc(C(C)N2CCN(C(=O)c3ccc(C(F)(F)F)cc3)CC2)c(C)c1C. The van der Waals surface area contributed by atoms with Crippen molar-refractivity contribution >= 4 is 11.8 Å². The minimum absolute atomic E-state index is 0.0647. The maximum Gasteiger partial charge on any atom is 0.416 e. The van der Waals surface area contributed by atoms with Crippen LogP contribution in [0.1, 0.15) is 72.8 Å². The quantitative estimate of drug-likeness (QED) is 0.485. The summed E-state index contributed by atoms with van der Waals surface area (Å²) in [7, 11) is 0. The number of hydrogen-bond donors (Lipinski definition) is 1. The highest BCUT2D eigenvalue weighted by atomic mass is 19.4. The number of hydrogen-bond acceptors (Lipinski definition) is 4. The first kappa shape index (κ1) is 29.5. The molecule has 2 amide bonds. The molecule has 1 fully saturated rings. The second-order valence-electron chi connectivity index (χ2n) is 10.6. The Morgan fingerprint density at radius 1 is 0.974 bits per heavy atom. The molecule has 1 N–H and O–H groups in total. The van der Waals surface area contributed by atoms with Crippen LogP contribution in [0.15, 0.2) is 36.4 Å². The zero-order chi connectivity index (χ0) is 28.3. The lowest BCUT2D eigenvalue weighted by atomic mass is 9.96. The van der Waals surface area contributed by atoms with Crippen molar-refractivity contribution in [1.82, 2.24) is 15.1 Å². The average Bonchev–Trinajstić information content (AvgIpc) is 2.84. The Labute approximate surface area is 223 Å². The predicted molar refractivity (Wildman–Crippen MR) is 141 cm³/mol. The van der Waals surface area contributed by atoms with Crippen LogP contribution in [0.4, 0.5) is 13.2 Å². The fourth-order valence-electron chi connectivity index (χ4n) is 4.87. The zero-order valence-corrected chi connectivity index (χ0v) is 23.0. The Hall–Kier alpha value is -3.07. The summed E-state index contributed by atoms with van der Waals surface area (Å²) in [4.78, 5) is 28.2. The first-order valence-corrected chi connectivity index (χ1v) is 12.9. The first-order chi connectivity index (χ1) is 17.7. The Balaban J connectivity index is 1.58. The third-order valence-electron chi connectivity index (χ3n) is 7.34. The number of nitrogens with zero attached hydrogens (tertiary/aromatic N) is 2. The zero-order valence-electron chi connectivity index (χ0n) is 23.0. The van der Waals surface area contributed by atoms with Crippen LogP contribution in [-0.2, 0) is 11.0 Å². The molecule has 0 bridgehead atoms. The molecule has 208 valence electrons. The van der Waals surface area contributed by atoms with Crippen LogP contribution in [0.2, 0.25) is 0 Å². The van der Waals surface area contributed by atoms with Gasteiger partial charge in [-0.1, -0.05) is 6.07 Å². The lowest BCUT2D eigenvalue weighted by molar-refractivity contribution is -0.137. The highest BCUT2D eigenvalue weighted by Crippen LogP contribution is 2.32. The van der Waals surface area contributed by atoms with Crippen molar-refractivity contribution in [2.75, 3.05) is 32.8 Å². The van der Waals surface area contributed by atoms with Gasteiger partial charge in [-0.15, -0.1) is 0 Å². The van der Waals surface area contributed by atoms with Crippen LogP contribution < -0.4 is 10.1 Å². The van der Waals surface area contributed by atoms with E-state index in [-0.39, 0.29) is 29.0 Å². The van der Waals surface area contributed by atoms with Gasteiger partial charge in [-0.3, -0.25) is 14.5 Å². The van der Waals surface area contributed by atoms with Crippen LogP contribution in [0, 0.1) is 13.8 Å². The van der Waals surface area contributed by atoms with E-state index in [0.717, 1.165) is 29.0 Å². The van der Waals surface area contributed by atoms with Crippen LogP contribution in [-0.4, -0.2) is 59.9 Å². The van der Waals surface area contributed by atoms with Crippen molar-refractivity contribution in [3.63, 3.8) is 0 Å². The number of carbonyl (C=O) groups is 2. The van der Waals surface area contributed by atoms with Gasteiger partial charge in [0.2, 0.25) is 5.91 Å². The van der Waals surface area contributed by atoms with Gasteiger partial charge in [0.15, 0.2) is 0 Å². The lowest BCUT2D eigenvalue weighted by Gasteiger charge is -2.39. The lowest BCUT2D eigenvalue weighted by Crippen LogP contribution is -2.49. The van der Waals surface area contributed by atoms with Gasteiger partial charge in [-0.2, -0.15) is 13.2 Å². The minimum atomic E-state index is -4.42. The fraction of sp³-hybridized carbons (Fsp3) is 0.517. The van der Waals surface area contributed by atoms with Gasteiger partial charge >= 0.3 is 6.18 Å². The van der Waals surface area contributed by atoms with Crippen molar-refractivity contribution in [2.45, 2.75) is 65.7 Å². The van der Waals surface area contributed by atoms with E-state index in [1.807, 2.05) is 26.8 Å². The highest BCUT2D eigenvalue weighted by Gasteiger charge is 2.31. The summed E-state index contributed by atoms with van der Waals surface area (Å²) < 4.78 is 44.5. The third-order valence-corrected chi connectivity index (χ3v) is 7.34. The number of piperazine rings is 1. The molecule has 1 saturated heterocycles. The number of alkyl halides is 3. The van der Waals surface area contributed by atoms with Crippen molar-refractivity contribution < 1.29 is 27.5 Å². The van der Waals surface area contributed by atoms with Crippen LogP contribution in [0.3, 0.4) is 0 Å². The summed E-state index contributed by atoms with van der Waals surface area (Å²) >= 11 is 0. The molecule has 1 aliphatic rings. The summed E-state index contributed by atoms with van der Waals surface area (Å²) in [5, 5.41) is 2.93. The molecule has 2 aromatic rings. The summed E-state index contributed by atoms with van der Waals surface area (Å²) in [5.41, 5.74) is 2.57. The van der Waals surface area contributed by atoms with E-state index in [2.05, 4.69) is 30.1 Å². The van der Waals surface area contributed by atoms with E-state index < -0.39 is 11.7 Å². The van der Waals surface area contributed by atoms with E-state index >= 15 is 0 Å². The molecule has 1 unspecified atom stereocenters. The van der Waals surface area contributed by atoms with Crippen molar-refractivity contribution in [1.29, 1.82) is 0 Å². The van der Waals surface area contributed by atoms with Gasteiger partial charge in [0, 0.05) is 56.7 Å². The largest absolute Gasteiger partial charge is 0.493 e. The molecule has 1 atom stereocenters. The van der Waals surface area contributed by atoms with E-state index in [4.69, 9.17) is 4.74 Å². The normalized spacial score (nSPS) is 15.8. The molecular weight excluding hydrogens is 495 g/mol. The standard InChI is InChI=1S/C29H38F3N3O3/c1-19-20(2)26(38-18-13-28(5,6)33-22(4)36)12-11-25(19)21(3)34-14-16-35(17-15-34)27(37)23-7-9-24(10-8-23)29(30,31)32/h7-12,21H,13-18H2,1-6H3,(H,33,36). The van der Waals surface area contributed by atoms with Gasteiger partial charge in [0.05, 0.1) is 12.2 Å². The van der Waals surface area contributed by atoms with Gasteiger partial charge in [-0.25, -0.2) is 0 Å². The number of halogens is 3. The van der Waals surface area contributed by atoms with Crippen molar-refractivity contribution in [2.24, 2.45) is 0 Å². The van der Waals surface area contributed by atoms with Crippen molar-refractivity contribution in [3.8, 4) is 5.75 Å². The third kappa shape index (κ3) is 7.28. The number of carbonyl (C=O) groups excluding carboxylic acids is 2. The fourth-order valence-corrected chi connectivity index (χ4v) is 4.87. The minimum Gasteiger partial charge on any atom is -0.493 e. The molecule has 3 rings (SSSR count). The average molecular weight is 534 g/mol. The molecule has 38 heavy (non-hydrogen) atoms. The van der Waals surface area contributed by atoms with Crippen LogP contribution in [0.25, 0.3) is 0 Å². The maximum atomic E-state index is 12.8. The Morgan fingerprint density at radius 3 is 2.13 bits per heavy atom. The summed E-state index contributed by atoms with van der Waals surface area (Å²) in [6.45, 7) is 14.6.